The molecular formula is C22H24FN3O3. The Morgan fingerprint density at radius 2 is 1.90 bits per heavy atom. The van der Waals surface area contributed by atoms with Crippen LogP contribution in [0.25, 0.3) is 16.6 Å². The fourth-order valence-electron chi connectivity index (χ4n) is 3.03. The van der Waals surface area contributed by atoms with Gasteiger partial charge in [0, 0.05) is 0 Å². The molecule has 0 aliphatic carbocycles. The Labute approximate surface area is 168 Å². The maximum absolute atomic E-state index is 13.8. The summed E-state index contributed by atoms with van der Waals surface area (Å²) in [5, 5.41) is 2.97. The number of benzene rings is 2. The number of nitrogens with one attached hydrogen (secondary N) is 1. The smallest absolute Gasteiger partial charge is 0.408 e. The highest BCUT2D eigenvalue weighted by atomic mass is 19.1. The molecule has 2 aromatic carbocycles. The number of ether oxygens (including phenoxy) is 1. The zero-order chi connectivity index (χ0) is 21.2. The van der Waals surface area contributed by atoms with Crippen LogP contribution in [0, 0.1) is 5.82 Å². The molecule has 1 aromatic heterocycles. The molecule has 1 atom stereocenters. The third-order valence-corrected chi connectivity index (χ3v) is 4.28. The van der Waals surface area contributed by atoms with Crippen LogP contribution in [0.4, 0.5) is 9.18 Å². The van der Waals surface area contributed by atoms with E-state index in [1.807, 2.05) is 13.0 Å². The van der Waals surface area contributed by atoms with Gasteiger partial charge in [-0.3, -0.25) is 9.36 Å². The van der Waals surface area contributed by atoms with E-state index in [-0.39, 0.29) is 5.39 Å². The van der Waals surface area contributed by atoms with Crippen molar-refractivity contribution in [2.75, 3.05) is 0 Å². The van der Waals surface area contributed by atoms with E-state index in [1.165, 1.54) is 22.8 Å². The molecule has 1 N–H and O–H groups in total. The molecule has 3 aromatic rings. The summed E-state index contributed by atoms with van der Waals surface area (Å²) in [6.07, 6.45) is -0.122. The van der Waals surface area contributed by atoms with E-state index in [0.29, 0.717) is 23.4 Å². The van der Waals surface area contributed by atoms with E-state index >= 15 is 0 Å². The number of fused-ring (bicyclic) bond motifs is 1. The Hall–Kier alpha value is -3.22. The van der Waals surface area contributed by atoms with Crippen LogP contribution in [-0.4, -0.2) is 21.2 Å². The van der Waals surface area contributed by atoms with Crippen molar-refractivity contribution in [1.29, 1.82) is 0 Å². The number of carbonyl (C=O) groups is 1. The van der Waals surface area contributed by atoms with Gasteiger partial charge in [0.05, 0.1) is 22.6 Å². The van der Waals surface area contributed by atoms with Crippen LogP contribution in [0.1, 0.15) is 46.0 Å². The third-order valence-electron chi connectivity index (χ3n) is 4.28. The molecule has 1 amide bonds. The summed E-state index contributed by atoms with van der Waals surface area (Å²) in [6, 6.07) is 12.3. The van der Waals surface area contributed by atoms with Crippen molar-refractivity contribution in [3.05, 3.63) is 70.5 Å². The van der Waals surface area contributed by atoms with E-state index in [9.17, 15) is 14.0 Å². The molecule has 7 heteroatoms. The Morgan fingerprint density at radius 3 is 2.52 bits per heavy atom. The summed E-state index contributed by atoms with van der Waals surface area (Å²) in [7, 11) is 0. The molecule has 0 unspecified atom stereocenters. The first-order chi connectivity index (χ1) is 13.7. The lowest BCUT2D eigenvalue weighted by molar-refractivity contribution is 0.0499. The summed E-state index contributed by atoms with van der Waals surface area (Å²) in [4.78, 5) is 30.2. The van der Waals surface area contributed by atoms with Gasteiger partial charge in [0.25, 0.3) is 5.56 Å². The molecule has 29 heavy (non-hydrogen) atoms. The normalized spacial score (nSPS) is 12.6. The van der Waals surface area contributed by atoms with Crippen LogP contribution in [0.15, 0.2) is 53.3 Å². The quantitative estimate of drug-likeness (QED) is 0.703. The zero-order valence-corrected chi connectivity index (χ0v) is 16.9. The lowest BCUT2D eigenvalue weighted by Crippen LogP contribution is -2.37. The predicted molar refractivity (Wildman–Crippen MR) is 110 cm³/mol. The Morgan fingerprint density at radius 1 is 1.21 bits per heavy atom. The SMILES string of the molecule is CC[C@H](NC(=O)OC(C)(C)C)c1nc2ccc(F)cc2c(=O)n1-c1ccccc1. The molecule has 0 radical (unpaired) electrons. The minimum atomic E-state index is -0.657. The summed E-state index contributed by atoms with van der Waals surface area (Å²) in [6.45, 7) is 7.20. The van der Waals surface area contributed by atoms with Gasteiger partial charge in [-0.25, -0.2) is 14.2 Å². The number of hydrogen-bond donors (Lipinski definition) is 1. The fourth-order valence-corrected chi connectivity index (χ4v) is 3.03. The number of halogens is 1. The van der Waals surface area contributed by atoms with Gasteiger partial charge in [-0.05, 0) is 57.5 Å². The molecule has 0 saturated carbocycles. The third kappa shape index (κ3) is 4.62. The number of para-hydroxylation sites is 1. The minimum absolute atomic E-state index is 0.171. The lowest BCUT2D eigenvalue weighted by Gasteiger charge is -2.24. The zero-order valence-electron chi connectivity index (χ0n) is 16.9. The molecule has 1 heterocycles. The van der Waals surface area contributed by atoms with Gasteiger partial charge in [0.2, 0.25) is 0 Å². The molecule has 0 spiro atoms. The molecular weight excluding hydrogens is 373 g/mol. The number of rotatable bonds is 4. The highest BCUT2D eigenvalue weighted by Gasteiger charge is 2.24. The molecule has 0 saturated heterocycles. The van der Waals surface area contributed by atoms with Gasteiger partial charge in [0.1, 0.15) is 17.2 Å². The molecule has 0 aliphatic heterocycles. The van der Waals surface area contributed by atoms with Crippen molar-refractivity contribution in [1.82, 2.24) is 14.9 Å². The van der Waals surface area contributed by atoms with E-state index in [4.69, 9.17) is 4.74 Å². The highest BCUT2D eigenvalue weighted by Crippen LogP contribution is 2.21. The molecule has 0 aliphatic rings. The first-order valence-corrected chi connectivity index (χ1v) is 9.46. The highest BCUT2D eigenvalue weighted by molar-refractivity contribution is 5.78. The molecule has 152 valence electrons. The van der Waals surface area contributed by atoms with Crippen molar-refractivity contribution in [2.24, 2.45) is 0 Å². The van der Waals surface area contributed by atoms with E-state index < -0.39 is 29.1 Å². The number of nitrogens with zero attached hydrogens (tertiary/aromatic N) is 2. The Balaban J connectivity index is 2.18. The topological polar surface area (TPSA) is 73.2 Å². The summed E-state index contributed by atoms with van der Waals surface area (Å²) in [5.74, 6) is -0.156. The van der Waals surface area contributed by atoms with Crippen LogP contribution in [0.3, 0.4) is 0 Å². The average Bonchev–Trinajstić information content (AvgIpc) is 2.66. The average molecular weight is 397 g/mol. The number of carbonyl (C=O) groups excluding carboxylic acids is 1. The van der Waals surface area contributed by atoms with Crippen molar-refractivity contribution < 1.29 is 13.9 Å². The van der Waals surface area contributed by atoms with Gasteiger partial charge >= 0.3 is 6.09 Å². The van der Waals surface area contributed by atoms with Crippen molar-refractivity contribution >= 4 is 17.0 Å². The van der Waals surface area contributed by atoms with Gasteiger partial charge < -0.3 is 10.1 Å². The van der Waals surface area contributed by atoms with Gasteiger partial charge in [-0.2, -0.15) is 0 Å². The van der Waals surface area contributed by atoms with Gasteiger partial charge in [-0.15, -0.1) is 0 Å². The largest absolute Gasteiger partial charge is 0.444 e. The van der Waals surface area contributed by atoms with Crippen molar-refractivity contribution in [3.8, 4) is 5.69 Å². The van der Waals surface area contributed by atoms with Crippen LogP contribution in [0.5, 0.6) is 0 Å². The molecule has 0 fully saturated rings. The van der Waals surface area contributed by atoms with Gasteiger partial charge in [-0.1, -0.05) is 25.1 Å². The predicted octanol–water partition coefficient (Wildman–Crippen LogP) is 4.50. The molecule has 3 rings (SSSR count). The number of amides is 1. The van der Waals surface area contributed by atoms with Crippen LogP contribution in [0.2, 0.25) is 0 Å². The first kappa shape index (κ1) is 20.5. The second kappa shape index (κ2) is 8.03. The van der Waals surface area contributed by atoms with E-state index in [2.05, 4.69) is 10.3 Å². The number of aromatic nitrogens is 2. The molecule has 0 bridgehead atoms. The maximum atomic E-state index is 13.8. The van der Waals surface area contributed by atoms with Crippen LogP contribution in [-0.2, 0) is 4.74 Å². The minimum Gasteiger partial charge on any atom is -0.444 e. The summed E-state index contributed by atoms with van der Waals surface area (Å²) >= 11 is 0. The summed E-state index contributed by atoms with van der Waals surface area (Å²) < 4.78 is 20.5. The second-order valence-electron chi connectivity index (χ2n) is 7.71. The molecule has 6 nitrogen and oxygen atoms in total. The van der Waals surface area contributed by atoms with E-state index in [1.54, 1.807) is 45.0 Å². The number of hydrogen-bond acceptors (Lipinski definition) is 4. The standard InChI is InChI=1S/C22H24FN3O3/c1-5-17(25-21(28)29-22(2,3)4)19-24-18-12-11-14(23)13-16(18)20(27)26(19)15-9-7-6-8-10-15/h6-13,17H,5H2,1-4H3,(H,25,28)/t17-/m0/s1. The van der Waals surface area contributed by atoms with E-state index in [0.717, 1.165) is 0 Å². The van der Waals surface area contributed by atoms with Gasteiger partial charge in [0.15, 0.2) is 0 Å². The van der Waals surface area contributed by atoms with Crippen molar-refractivity contribution in [3.63, 3.8) is 0 Å². The number of alkyl carbamates (subject to hydrolysis) is 1. The second-order valence-corrected chi connectivity index (χ2v) is 7.71. The van der Waals surface area contributed by atoms with Crippen LogP contribution >= 0.6 is 0 Å². The fraction of sp³-hybridized carbons (Fsp3) is 0.318. The van der Waals surface area contributed by atoms with Crippen LogP contribution < -0.4 is 10.9 Å². The maximum Gasteiger partial charge on any atom is 0.408 e. The van der Waals surface area contributed by atoms with Crippen molar-refractivity contribution in [2.45, 2.75) is 45.8 Å². The monoisotopic (exact) mass is 397 g/mol. The summed E-state index contributed by atoms with van der Waals surface area (Å²) in [5.41, 5.74) is -0.116. The lowest BCUT2D eigenvalue weighted by atomic mass is 10.1. The Bertz CT molecular complexity index is 1090. The Kier molecular flexibility index (Phi) is 5.68. The first-order valence-electron chi connectivity index (χ1n) is 9.46.